The quantitative estimate of drug-likeness (QED) is 0.809. The van der Waals surface area contributed by atoms with E-state index in [1.807, 2.05) is 43.3 Å². The lowest BCUT2D eigenvalue weighted by atomic mass is 10.1. The topological polar surface area (TPSA) is 70.6 Å². The normalized spacial score (nSPS) is 12.4. The fourth-order valence-corrected chi connectivity index (χ4v) is 2.61. The van der Waals surface area contributed by atoms with Crippen molar-refractivity contribution in [3.05, 3.63) is 47.7 Å². The summed E-state index contributed by atoms with van der Waals surface area (Å²) in [6.45, 7) is 4.80. The summed E-state index contributed by atoms with van der Waals surface area (Å²) in [5, 5.41) is 0. The molecule has 6 heteroatoms. The molecule has 1 aliphatic heterocycles. The molecular formula is C17H17N3O3. The van der Waals surface area contributed by atoms with Gasteiger partial charge in [-0.25, -0.2) is 4.98 Å². The smallest absolute Gasteiger partial charge is 0.324 e. The predicted molar refractivity (Wildman–Crippen MR) is 85.8 cm³/mol. The van der Waals surface area contributed by atoms with Crippen molar-refractivity contribution in [1.82, 2.24) is 4.98 Å². The molecule has 0 unspecified atom stereocenters. The first-order chi connectivity index (χ1) is 11.0. The van der Waals surface area contributed by atoms with Crippen LogP contribution < -0.4 is 9.80 Å². The van der Waals surface area contributed by atoms with Gasteiger partial charge in [-0.15, -0.1) is 0 Å². The fraction of sp³-hybridized carbons (Fsp3) is 0.235. The fourth-order valence-electron chi connectivity index (χ4n) is 2.61. The second kappa shape index (κ2) is 6.85. The van der Waals surface area contributed by atoms with Gasteiger partial charge in [0.25, 0.3) is 5.91 Å². The number of rotatable bonds is 1. The summed E-state index contributed by atoms with van der Waals surface area (Å²) in [6, 6.07) is 11.6. The average molecular weight is 311 g/mol. The van der Waals surface area contributed by atoms with Crippen LogP contribution in [-0.2, 0) is 9.59 Å². The Hall–Kier alpha value is -2.98. The molecule has 1 amide bonds. The van der Waals surface area contributed by atoms with Gasteiger partial charge in [-0.2, -0.15) is 9.59 Å². The Morgan fingerprint density at radius 2 is 1.74 bits per heavy atom. The lowest BCUT2D eigenvalue weighted by Crippen LogP contribution is -2.25. The van der Waals surface area contributed by atoms with Gasteiger partial charge < -0.3 is 9.80 Å². The first-order valence-corrected chi connectivity index (χ1v) is 7.16. The number of pyridine rings is 1. The van der Waals surface area contributed by atoms with Crippen molar-refractivity contribution in [2.45, 2.75) is 13.8 Å². The summed E-state index contributed by atoms with van der Waals surface area (Å²) in [4.78, 5) is 37.3. The van der Waals surface area contributed by atoms with Crippen LogP contribution in [0.5, 0.6) is 0 Å². The first-order valence-electron chi connectivity index (χ1n) is 7.16. The molecule has 0 saturated carbocycles. The van der Waals surface area contributed by atoms with Gasteiger partial charge in [0.15, 0.2) is 5.82 Å². The molecule has 0 spiro atoms. The summed E-state index contributed by atoms with van der Waals surface area (Å²) >= 11 is 0. The number of aryl methyl sites for hydroxylation is 1. The Morgan fingerprint density at radius 3 is 2.39 bits per heavy atom. The summed E-state index contributed by atoms with van der Waals surface area (Å²) < 4.78 is 0. The van der Waals surface area contributed by atoms with E-state index in [1.165, 1.54) is 0 Å². The van der Waals surface area contributed by atoms with E-state index in [2.05, 4.69) is 16.8 Å². The number of para-hydroxylation sites is 1. The number of carbonyl (C=O) groups is 1. The van der Waals surface area contributed by atoms with E-state index in [0.29, 0.717) is 5.56 Å². The van der Waals surface area contributed by atoms with Crippen molar-refractivity contribution >= 4 is 29.3 Å². The predicted octanol–water partition coefficient (Wildman–Crippen LogP) is 2.55. The number of hydrogen-bond donors (Lipinski definition) is 0. The number of carbonyl (C=O) groups excluding carboxylic acids is 3. The van der Waals surface area contributed by atoms with Gasteiger partial charge in [0.05, 0.1) is 16.9 Å². The minimum Gasteiger partial charge on any atom is -0.324 e. The summed E-state index contributed by atoms with van der Waals surface area (Å²) in [7, 11) is 1.80. The number of anilines is 3. The highest BCUT2D eigenvalue weighted by Crippen LogP contribution is 2.38. The molecule has 23 heavy (non-hydrogen) atoms. The summed E-state index contributed by atoms with van der Waals surface area (Å²) in [6.07, 6.45) is 0.250. The van der Waals surface area contributed by atoms with Crippen molar-refractivity contribution in [2.24, 2.45) is 0 Å². The van der Waals surface area contributed by atoms with Crippen LogP contribution >= 0.6 is 0 Å². The number of benzene rings is 1. The van der Waals surface area contributed by atoms with E-state index in [-0.39, 0.29) is 12.1 Å². The van der Waals surface area contributed by atoms with Crippen molar-refractivity contribution < 1.29 is 14.4 Å². The van der Waals surface area contributed by atoms with Gasteiger partial charge in [0, 0.05) is 19.3 Å². The molecule has 3 rings (SSSR count). The van der Waals surface area contributed by atoms with Crippen LogP contribution in [0.2, 0.25) is 0 Å². The van der Waals surface area contributed by atoms with Crippen LogP contribution in [-0.4, -0.2) is 30.6 Å². The zero-order valence-electron chi connectivity index (χ0n) is 13.2. The van der Waals surface area contributed by atoms with E-state index >= 15 is 0 Å². The van der Waals surface area contributed by atoms with Crippen molar-refractivity contribution in [1.29, 1.82) is 0 Å². The molecular weight excluding hydrogens is 294 g/mol. The molecule has 2 aromatic rings. The van der Waals surface area contributed by atoms with Gasteiger partial charge >= 0.3 is 6.15 Å². The van der Waals surface area contributed by atoms with Gasteiger partial charge in [-0.05, 0) is 38.1 Å². The van der Waals surface area contributed by atoms with Gasteiger partial charge in [-0.1, -0.05) is 12.1 Å². The molecule has 0 radical (unpaired) electrons. The number of hydrogen-bond acceptors (Lipinski definition) is 5. The summed E-state index contributed by atoms with van der Waals surface area (Å²) in [5.41, 5.74) is 3.43. The van der Waals surface area contributed by atoms with Crippen LogP contribution in [0, 0.1) is 6.92 Å². The zero-order valence-corrected chi connectivity index (χ0v) is 13.2. The lowest BCUT2D eigenvalue weighted by Gasteiger charge is -2.24. The molecule has 1 aromatic heterocycles. The Morgan fingerprint density at radius 1 is 1.09 bits per heavy atom. The standard InChI is InChI=1S/C16H17N3O.CO2/c1-4-19-13-8-6-5-7-12(13)16(20)18(3)14-10-9-11(2)17-15(14)19;2-1-3/h5-10H,4H2,1-3H3;. The third-order valence-electron chi connectivity index (χ3n) is 3.66. The third kappa shape index (κ3) is 2.98. The monoisotopic (exact) mass is 311 g/mol. The highest BCUT2D eigenvalue weighted by atomic mass is 16.2. The first kappa shape index (κ1) is 16.4. The maximum Gasteiger partial charge on any atom is 0.373 e. The molecule has 118 valence electrons. The largest absolute Gasteiger partial charge is 0.373 e. The molecule has 0 atom stereocenters. The molecule has 0 fully saturated rings. The number of aromatic nitrogens is 1. The van der Waals surface area contributed by atoms with Crippen LogP contribution in [0.3, 0.4) is 0 Å². The van der Waals surface area contributed by atoms with E-state index in [4.69, 9.17) is 9.59 Å². The van der Waals surface area contributed by atoms with Crippen molar-refractivity contribution in [3.63, 3.8) is 0 Å². The Bertz CT molecular complexity index is 767. The molecule has 2 heterocycles. The Balaban J connectivity index is 0.000000595. The SMILES string of the molecule is CCN1c2ccccc2C(=O)N(C)c2ccc(C)nc21.O=C=O. The molecule has 1 aliphatic rings. The average Bonchev–Trinajstić information content (AvgIpc) is 2.63. The second-order valence-electron chi connectivity index (χ2n) is 5.00. The van der Waals surface area contributed by atoms with Crippen LogP contribution in [0.4, 0.5) is 17.2 Å². The highest BCUT2D eigenvalue weighted by Gasteiger charge is 2.28. The number of nitrogens with zero attached hydrogens (tertiary/aromatic N) is 3. The van der Waals surface area contributed by atoms with Crippen LogP contribution in [0.25, 0.3) is 0 Å². The lowest BCUT2D eigenvalue weighted by molar-refractivity contribution is -0.191. The second-order valence-corrected chi connectivity index (χ2v) is 5.00. The van der Waals surface area contributed by atoms with E-state index in [9.17, 15) is 4.79 Å². The molecule has 6 nitrogen and oxygen atoms in total. The Kier molecular flexibility index (Phi) is 4.88. The van der Waals surface area contributed by atoms with Gasteiger partial charge in [-0.3, -0.25) is 4.79 Å². The highest BCUT2D eigenvalue weighted by molar-refractivity contribution is 6.13. The van der Waals surface area contributed by atoms with Gasteiger partial charge in [0.2, 0.25) is 0 Å². The number of amides is 1. The minimum absolute atomic E-state index is 0.00320. The van der Waals surface area contributed by atoms with Crippen molar-refractivity contribution in [2.75, 3.05) is 23.4 Å². The zero-order chi connectivity index (χ0) is 17.0. The number of fused-ring (bicyclic) bond motifs is 2. The van der Waals surface area contributed by atoms with E-state index in [1.54, 1.807) is 11.9 Å². The van der Waals surface area contributed by atoms with Crippen molar-refractivity contribution in [3.8, 4) is 0 Å². The maximum atomic E-state index is 12.6. The molecule has 0 N–H and O–H groups in total. The van der Waals surface area contributed by atoms with Crippen LogP contribution in [0.1, 0.15) is 23.0 Å². The minimum atomic E-state index is 0.00320. The summed E-state index contributed by atoms with van der Waals surface area (Å²) in [5.74, 6) is 0.844. The maximum absolute atomic E-state index is 12.6. The van der Waals surface area contributed by atoms with Crippen LogP contribution in [0.15, 0.2) is 36.4 Å². The molecule has 1 aromatic carbocycles. The Labute approximate surface area is 134 Å². The van der Waals surface area contributed by atoms with E-state index < -0.39 is 0 Å². The molecule has 0 aliphatic carbocycles. The molecule has 0 bridgehead atoms. The van der Waals surface area contributed by atoms with Gasteiger partial charge in [0.1, 0.15) is 0 Å². The molecule has 0 saturated heterocycles. The van der Waals surface area contributed by atoms with E-state index in [0.717, 1.165) is 29.4 Å². The third-order valence-corrected chi connectivity index (χ3v) is 3.66.